The number of halogens is 2. The van der Waals surface area contributed by atoms with Gasteiger partial charge in [0.15, 0.2) is 0 Å². The van der Waals surface area contributed by atoms with Crippen LogP contribution in [0, 0.1) is 18.7 Å². The molecule has 1 aliphatic rings. The minimum absolute atomic E-state index is 0.234. The summed E-state index contributed by atoms with van der Waals surface area (Å²) in [4.78, 5) is 14.0. The molecule has 1 fully saturated rings. The SMILES string of the molecule is Cc1cc(Br)cc(CN(CC2CC2)C(=O)OC(C)(C)C)c1F. The van der Waals surface area contributed by atoms with E-state index < -0.39 is 5.60 Å². The second-order valence-electron chi connectivity index (χ2n) is 7.00. The Bertz CT molecular complexity index is 565. The molecule has 5 heteroatoms. The maximum Gasteiger partial charge on any atom is 0.410 e. The van der Waals surface area contributed by atoms with E-state index in [-0.39, 0.29) is 18.5 Å². The van der Waals surface area contributed by atoms with Crippen molar-refractivity contribution in [3.63, 3.8) is 0 Å². The quantitative estimate of drug-likeness (QED) is 0.741. The van der Waals surface area contributed by atoms with Crippen LogP contribution in [0.1, 0.15) is 44.7 Å². The van der Waals surface area contributed by atoms with Crippen molar-refractivity contribution >= 4 is 22.0 Å². The number of carbonyl (C=O) groups excluding carboxylic acids is 1. The van der Waals surface area contributed by atoms with Gasteiger partial charge in [0.2, 0.25) is 0 Å². The van der Waals surface area contributed by atoms with Crippen LogP contribution in [0.3, 0.4) is 0 Å². The molecule has 22 heavy (non-hydrogen) atoms. The fourth-order valence-electron chi connectivity index (χ4n) is 2.26. The number of nitrogens with zero attached hydrogens (tertiary/aromatic N) is 1. The number of hydrogen-bond acceptors (Lipinski definition) is 2. The minimum Gasteiger partial charge on any atom is -0.444 e. The van der Waals surface area contributed by atoms with Crippen molar-refractivity contribution < 1.29 is 13.9 Å². The van der Waals surface area contributed by atoms with E-state index in [0.29, 0.717) is 23.6 Å². The molecule has 0 atom stereocenters. The van der Waals surface area contributed by atoms with E-state index in [0.717, 1.165) is 17.3 Å². The summed E-state index contributed by atoms with van der Waals surface area (Å²) in [5, 5.41) is 0. The zero-order valence-electron chi connectivity index (χ0n) is 13.6. The lowest BCUT2D eigenvalue weighted by atomic mass is 10.1. The summed E-state index contributed by atoms with van der Waals surface area (Å²) in [6.45, 7) is 8.10. The maximum atomic E-state index is 14.3. The van der Waals surface area contributed by atoms with Crippen LogP contribution >= 0.6 is 15.9 Å². The first-order valence-electron chi connectivity index (χ1n) is 7.58. The molecule has 0 aliphatic heterocycles. The van der Waals surface area contributed by atoms with Crippen LogP contribution in [-0.4, -0.2) is 23.1 Å². The largest absolute Gasteiger partial charge is 0.444 e. The number of aryl methyl sites for hydroxylation is 1. The lowest BCUT2D eigenvalue weighted by Crippen LogP contribution is -2.37. The summed E-state index contributed by atoms with van der Waals surface area (Å²) in [5.41, 5.74) is 0.531. The van der Waals surface area contributed by atoms with Gasteiger partial charge in [0.1, 0.15) is 11.4 Å². The van der Waals surface area contributed by atoms with Crippen molar-refractivity contribution in [3.05, 3.63) is 33.5 Å². The summed E-state index contributed by atoms with van der Waals surface area (Å²) < 4.78 is 20.6. The van der Waals surface area contributed by atoms with Crippen LogP contribution in [0.2, 0.25) is 0 Å². The first-order chi connectivity index (χ1) is 10.2. The van der Waals surface area contributed by atoms with Gasteiger partial charge in [-0.15, -0.1) is 0 Å². The van der Waals surface area contributed by atoms with E-state index in [1.54, 1.807) is 24.0 Å². The fourth-order valence-corrected chi connectivity index (χ4v) is 2.88. The van der Waals surface area contributed by atoms with Crippen molar-refractivity contribution in [3.8, 4) is 0 Å². The van der Waals surface area contributed by atoms with E-state index in [1.165, 1.54) is 0 Å². The lowest BCUT2D eigenvalue weighted by molar-refractivity contribution is 0.0222. The molecule has 122 valence electrons. The molecule has 0 bridgehead atoms. The Morgan fingerprint density at radius 3 is 2.59 bits per heavy atom. The zero-order valence-corrected chi connectivity index (χ0v) is 15.2. The third kappa shape index (κ3) is 4.97. The van der Waals surface area contributed by atoms with Gasteiger partial charge in [-0.2, -0.15) is 0 Å². The molecule has 0 radical (unpaired) electrons. The second kappa shape index (κ2) is 6.57. The van der Waals surface area contributed by atoms with Gasteiger partial charge in [-0.1, -0.05) is 15.9 Å². The van der Waals surface area contributed by atoms with Crippen molar-refractivity contribution in [2.24, 2.45) is 5.92 Å². The first kappa shape index (κ1) is 17.3. The highest BCUT2D eigenvalue weighted by Crippen LogP contribution is 2.31. The predicted molar refractivity (Wildman–Crippen MR) is 88.2 cm³/mol. The monoisotopic (exact) mass is 371 g/mol. The van der Waals surface area contributed by atoms with Gasteiger partial charge in [0.05, 0.1) is 6.54 Å². The van der Waals surface area contributed by atoms with Gasteiger partial charge < -0.3 is 9.64 Å². The summed E-state index contributed by atoms with van der Waals surface area (Å²) in [5.74, 6) is 0.261. The Morgan fingerprint density at radius 2 is 2.05 bits per heavy atom. The first-order valence-corrected chi connectivity index (χ1v) is 8.37. The van der Waals surface area contributed by atoms with Crippen LogP contribution in [-0.2, 0) is 11.3 Å². The van der Waals surface area contributed by atoms with Gasteiger partial charge >= 0.3 is 6.09 Å². The van der Waals surface area contributed by atoms with Crippen LogP contribution in [0.25, 0.3) is 0 Å². The molecular weight excluding hydrogens is 349 g/mol. The third-order valence-corrected chi connectivity index (χ3v) is 3.94. The van der Waals surface area contributed by atoms with E-state index >= 15 is 0 Å². The molecule has 0 spiro atoms. The number of carbonyl (C=O) groups is 1. The molecule has 1 aliphatic carbocycles. The van der Waals surface area contributed by atoms with Gasteiger partial charge in [-0.25, -0.2) is 9.18 Å². The lowest BCUT2D eigenvalue weighted by Gasteiger charge is -2.28. The van der Waals surface area contributed by atoms with Crippen molar-refractivity contribution in [1.29, 1.82) is 0 Å². The molecule has 0 unspecified atom stereocenters. The molecule has 1 aromatic rings. The summed E-state index contributed by atoms with van der Waals surface area (Å²) in [6.07, 6.45) is 1.87. The van der Waals surface area contributed by atoms with Crippen LogP contribution in [0.15, 0.2) is 16.6 Å². The third-order valence-electron chi connectivity index (χ3n) is 3.48. The number of hydrogen-bond donors (Lipinski definition) is 0. The highest BCUT2D eigenvalue weighted by atomic mass is 79.9. The minimum atomic E-state index is -0.551. The predicted octanol–water partition coefficient (Wildman–Crippen LogP) is 5.04. The van der Waals surface area contributed by atoms with Crippen molar-refractivity contribution in [1.82, 2.24) is 4.90 Å². The molecule has 3 nitrogen and oxygen atoms in total. The van der Waals surface area contributed by atoms with E-state index in [4.69, 9.17) is 4.74 Å². The van der Waals surface area contributed by atoms with Gasteiger partial charge in [-0.3, -0.25) is 0 Å². The van der Waals surface area contributed by atoms with Gasteiger partial charge in [0.25, 0.3) is 0 Å². The average molecular weight is 372 g/mol. The molecule has 0 N–H and O–H groups in total. The van der Waals surface area contributed by atoms with Crippen LogP contribution in [0.4, 0.5) is 9.18 Å². The maximum absolute atomic E-state index is 14.3. The van der Waals surface area contributed by atoms with Gasteiger partial charge in [-0.05, 0) is 64.2 Å². The van der Waals surface area contributed by atoms with Gasteiger partial charge in [0, 0.05) is 16.6 Å². The Labute approximate surface area is 140 Å². The Hall–Kier alpha value is -1.10. The normalized spacial score (nSPS) is 14.8. The Kier molecular flexibility index (Phi) is 5.15. The second-order valence-corrected chi connectivity index (χ2v) is 7.92. The topological polar surface area (TPSA) is 29.5 Å². The van der Waals surface area contributed by atoms with E-state index in [2.05, 4.69) is 15.9 Å². The molecular formula is C17H23BrFNO2. The van der Waals surface area contributed by atoms with Crippen LogP contribution in [0.5, 0.6) is 0 Å². The van der Waals surface area contributed by atoms with Crippen molar-refractivity contribution in [2.45, 2.75) is 52.7 Å². The molecule has 1 saturated carbocycles. The van der Waals surface area contributed by atoms with Crippen molar-refractivity contribution in [2.75, 3.05) is 6.54 Å². The van der Waals surface area contributed by atoms with E-state index in [1.807, 2.05) is 20.8 Å². The average Bonchev–Trinajstić information content (AvgIpc) is 3.16. The molecule has 0 heterocycles. The number of amides is 1. The number of rotatable bonds is 4. The van der Waals surface area contributed by atoms with E-state index in [9.17, 15) is 9.18 Å². The fraction of sp³-hybridized carbons (Fsp3) is 0.588. The highest BCUT2D eigenvalue weighted by Gasteiger charge is 2.30. The summed E-state index contributed by atoms with van der Waals surface area (Å²) >= 11 is 3.38. The highest BCUT2D eigenvalue weighted by molar-refractivity contribution is 9.10. The molecule has 1 amide bonds. The molecule has 1 aromatic carbocycles. The van der Waals surface area contributed by atoms with Crippen LogP contribution < -0.4 is 0 Å². The number of benzene rings is 1. The molecule has 2 rings (SSSR count). The smallest absolute Gasteiger partial charge is 0.410 e. The molecule has 0 saturated heterocycles. The summed E-state index contributed by atoms with van der Waals surface area (Å²) in [6, 6.07) is 3.46. The number of ether oxygens (including phenoxy) is 1. The Balaban J connectivity index is 2.17. The zero-order chi connectivity index (χ0) is 16.5. The molecule has 0 aromatic heterocycles. The standard InChI is InChI=1S/C17H23BrFNO2/c1-11-7-14(18)8-13(15(11)19)10-20(9-12-5-6-12)16(21)22-17(2,3)4/h7-8,12H,5-6,9-10H2,1-4H3. The summed E-state index contributed by atoms with van der Waals surface area (Å²) in [7, 11) is 0. The Morgan fingerprint density at radius 1 is 1.41 bits per heavy atom.